The Morgan fingerprint density at radius 1 is 0.703 bits per heavy atom. The summed E-state index contributed by atoms with van der Waals surface area (Å²) < 4.78 is 17.8. The lowest BCUT2D eigenvalue weighted by atomic mass is 9.49. The molecule has 1 saturated heterocycles. The molecule has 6 atom stereocenters. The monoisotopic (exact) mass is 520 g/mol. The molecular formula is C32H56O5. The molecule has 0 N–H and O–H groups in total. The van der Waals surface area contributed by atoms with Crippen molar-refractivity contribution in [3.63, 3.8) is 0 Å². The summed E-state index contributed by atoms with van der Waals surface area (Å²) in [6.07, 6.45) is 22.4. The van der Waals surface area contributed by atoms with Crippen molar-refractivity contribution in [1.82, 2.24) is 0 Å². The Bertz CT molecular complexity index is 678. The average Bonchev–Trinajstić information content (AvgIpc) is 3.74. The van der Waals surface area contributed by atoms with Gasteiger partial charge in [0.25, 0.3) is 0 Å². The second-order valence-electron chi connectivity index (χ2n) is 12.1. The topological polar surface area (TPSA) is 65.1 Å². The van der Waals surface area contributed by atoms with Gasteiger partial charge in [0.05, 0.1) is 37.3 Å². The fraction of sp³-hybridized carbons (Fsp3) is 0.938. The van der Waals surface area contributed by atoms with Crippen molar-refractivity contribution in [1.29, 1.82) is 0 Å². The standard InChI is InChI=1S/C32H56O5/c1-4-7-9-11-13-15-17-19-23-35-30(33)26-25-21-22-32(6-3,29-28(25)37-29)27(26)31(34)36-24-20-18-16-14-12-10-8-5-2/h25-29H,4-24H2,1-3H3. The molecule has 0 aromatic carbocycles. The van der Waals surface area contributed by atoms with Crippen LogP contribution in [0.25, 0.3) is 0 Å². The first-order valence-corrected chi connectivity index (χ1v) is 16.1. The number of hydrogen-bond donors (Lipinski definition) is 0. The summed E-state index contributed by atoms with van der Waals surface area (Å²) >= 11 is 0. The van der Waals surface area contributed by atoms with E-state index in [1.807, 2.05) is 0 Å². The molecule has 0 radical (unpaired) electrons. The molecule has 1 aliphatic heterocycles. The SMILES string of the molecule is CCCCCCCCCCOC(=O)C1C2CCC(CC)(C3OC23)C1C(=O)OCCCCCCCCCC. The van der Waals surface area contributed by atoms with Crippen LogP contribution in [0.4, 0.5) is 0 Å². The van der Waals surface area contributed by atoms with E-state index < -0.39 is 11.8 Å². The molecule has 1 heterocycles. The number of ether oxygens (including phenoxy) is 3. The zero-order valence-electron chi connectivity index (χ0n) is 24.3. The van der Waals surface area contributed by atoms with Crippen molar-refractivity contribution >= 4 is 11.9 Å². The van der Waals surface area contributed by atoms with Crippen molar-refractivity contribution < 1.29 is 23.8 Å². The van der Waals surface area contributed by atoms with E-state index in [9.17, 15) is 9.59 Å². The Morgan fingerprint density at radius 3 is 1.70 bits per heavy atom. The van der Waals surface area contributed by atoms with Crippen molar-refractivity contribution in [3.05, 3.63) is 0 Å². The van der Waals surface area contributed by atoms with E-state index in [1.54, 1.807) is 0 Å². The number of esters is 2. The quantitative estimate of drug-likeness (QED) is 0.0867. The lowest BCUT2D eigenvalue weighted by molar-refractivity contribution is -0.179. The largest absolute Gasteiger partial charge is 0.465 e. The van der Waals surface area contributed by atoms with Crippen LogP contribution in [-0.4, -0.2) is 37.4 Å². The molecule has 4 rings (SSSR count). The summed E-state index contributed by atoms with van der Waals surface area (Å²) in [5.74, 6) is -1.09. The third kappa shape index (κ3) is 8.19. The average molecular weight is 521 g/mol. The van der Waals surface area contributed by atoms with Gasteiger partial charge in [0.15, 0.2) is 0 Å². The molecule has 0 spiro atoms. The molecule has 0 amide bonds. The van der Waals surface area contributed by atoms with Gasteiger partial charge in [-0.15, -0.1) is 0 Å². The third-order valence-corrected chi connectivity index (χ3v) is 9.57. The number of epoxide rings is 1. The number of hydrogen-bond acceptors (Lipinski definition) is 5. The van der Waals surface area contributed by atoms with Gasteiger partial charge in [-0.25, -0.2) is 0 Å². The number of fused-ring (bicyclic) bond motifs is 2. The zero-order chi connectivity index (χ0) is 26.5. The lowest BCUT2D eigenvalue weighted by Gasteiger charge is -2.51. The van der Waals surface area contributed by atoms with E-state index in [4.69, 9.17) is 14.2 Å². The Hall–Kier alpha value is -1.10. The summed E-state index contributed by atoms with van der Waals surface area (Å²) in [6.45, 7) is 7.55. The molecule has 214 valence electrons. The molecule has 37 heavy (non-hydrogen) atoms. The number of rotatable bonds is 21. The number of carbonyl (C=O) groups is 2. The highest BCUT2D eigenvalue weighted by Crippen LogP contribution is 2.66. The second kappa shape index (κ2) is 16.1. The van der Waals surface area contributed by atoms with Gasteiger partial charge >= 0.3 is 11.9 Å². The highest BCUT2D eigenvalue weighted by Gasteiger charge is 2.73. The first-order valence-electron chi connectivity index (χ1n) is 16.1. The molecule has 4 fully saturated rings. The maximum absolute atomic E-state index is 13.5. The molecule has 2 bridgehead atoms. The van der Waals surface area contributed by atoms with Crippen LogP contribution < -0.4 is 0 Å². The molecular weight excluding hydrogens is 464 g/mol. The van der Waals surface area contributed by atoms with Crippen LogP contribution in [0.1, 0.15) is 143 Å². The van der Waals surface area contributed by atoms with Crippen molar-refractivity contribution in [2.75, 3.05) is 13.2 Å². The first kappa shape index (κ1) is 30.4. The number of unbranched alkanes of at least 4 members (excludes halogenated alkanes) is 14. The second-order valence-corrected chi connectivity index (χ2v) is 12.1. The molecule has 5 heteroatoms. The lowest BCUT2D eigenvalue weighted by Crippen LogP contribution is -2.58. The predicted octanol–water partition coefficient (Wildman–Crippen LogP) is 8.17. The smallest absolute Gasteiger partial charge is 0.310 e. The Kier molecular flexibility index (Phi) is 13.3. The highest BCUT2D eigenvalue weighted by atomic mass is 16.6. The molecule has 3 saturated carbocycles. The minimum atomic E-state index is -0.417. The highest BCUT2D eigenvalue weighted by molar-refractivity contribution is 5.84. The minimum absolute atomic E-state index is 0.102. The Balaban J connectivity index is 1.44. The van der Waals surface area contributed by atoms with E-state index in [1.165, 1.54) is 77.0 Å². The molecule has 4 aliphatic rings. The van der Waals surface area contributed by atoms with E-state index in [0.717, 1.165) is 44.9 Å². The van der Waals surface area contributed by atoms with Crippen molar-refractivity contribution in [2.24, 2.45) is 23.2 Å². The van der Waals surface area contributed by atoms with E-state index >= 15 is 0 Å². The van der Waals surface area contributed by atoms with Gasteiger partial charge in [0.1, 0.15) is 0 Å². The van der Waals surface area contributed by atoms with Crippen molar-refractivity contribution in [3.8, 4) is 0 Å². The van der Waals surface area contributed by atoms with Crippen LogP contribution in [0.5, 0.6) is 0 Å². The minimum Gasteiger partial charge on any atom is -0.465 e. The maximum Gasteiger partial charge on any atom is 0.310 e. The van der Waals surface area contributed by atoms with Gasteiger partial charge in [0.2, 0.25) is 0 Å². The van der Waals surface area contributed by atoms with Crippen molar-refractivity contribution in [2.45, 2.75) is 155 Å². The summed E-state index contributed by atoms with van der Waals surface area (Å²) in [6, 6.07) is 0. The van der Waals surface area contributed by atoms with Crippen LogP contribution in [0, 0.1) is 23.2 Å². The maximum atomic E-state index is 13.5. The summed E-state index contributed by atoms with van der Waals surface area (Å²) in [5.41, 5.74) is -0.266. The van der Waals surface area contributed by atoms with Crippen LogP contribution in [0.15, 0.2) is 0 Å². The Labute approximate surface area is 227 Å². The normalized spacial score (nSPS) is 29.6. The summed E-state index contributed by atoms with van der Waals surface area (Å²) in [5, 5.41) is 0. The van der Waals surface area contributed by atoms with Crippen LogP contribution in [-0.2, 0) is 23.8 Å². The Morgan fingerprint density at radius 2 is 1.19 bits per heavy atom. The van der Waals surface area contributed by atoms with E-state index in [2.05, 4.69) is 20.8 Å². The van der Waals surface area contributed by atoms with Gasteiger partial charge in [0, 0.05) is 11.3 Å². The van der Waals surface area contributed by atoms with Gasteiger partial charge < -0.3 is 14.2 Å². The molecule has 0 aromatic heterocycles. The van der Waals surface area contributed by atoms with Crippen LogP contribution in [0.3, 0.4) is 0 Å². The van der Waals surface area contributed by atoms with Gasteiger partial charge in [-0.3, -0.25) is 9.59 Å². The molecule has 0 aromatic rings. The first-order chi connectivity index (χ1) is 18.1. The van der Waals surface area contributed by atoms with Gasteiger partial charge in [-0.05, 0) is 32.1 Å². The fourth-order valence-electron chi connectivity index (χ4n) is 7.27. The summed E-state index contributed by atoms with van der Waals surface area (Å²) in [7, 11) is 0. The summed E-state index contributed by atoms with van der Waals surface area (Å²) in [4.78, 5) is 26.8. The molecule has 6 unspecified atom stereocenters. The predicted molar refractivity (Wildman–Crippen MR) is 148 cm³/mol. The fourth-order valence-corrected chi connectivity index (χ4v) is 7.27. The van der Waals surface area contributed by atoms with E-state index in [0.29, 0.717) is 13.2 Å². The zero-order valence-corrected chi connectivity index (χ0v) is 24.3. The van der Waals surface area contributed by atoms with E-state index in [-0.39, 0.29) is 35.5 Å². The molecule has 5 nitrogen and oxygen atoms in total. The third-order valence-electron chi connectivity index (χ3n) is 9.57. The van der Waals surface area contributed by atoms with Gasteiger partial charge in [-0.1, -0.05) is 111 Å². The molecule has 3 aliphatic carbocycles. The van der Waals surface area contributed by atoms with Crippen LogP contribution in [0.2, 0.25) is 0 Å². The van der Waals surface area contributed by atoms with Crippen LogP contribution >= 0.6 is 0 Å². The number of carbonyl (C=O) groups excluding carboxylic acids is 2. The van der Waals surface area contributed by atoms with Gasteiger partial charge in [-0.2, -0.15) is 0 Å².